The van der Waals surface area contributed by atoms with Gasteiger partial charge in [0.2, 0.25) is 0 Å². The Morgan fingerprint density at radius 1 is 1.38 bits per heavy atom. The molecule has 3 nitrogen and oxygen atoms in total. The van der Waals surface area contributed by atoms with Crippen molar-refractivity contribution in [2.75, 3.05) is 6.54 Å². The quantitative estimate of drug-likeness (QED) is 0.782. The summed E-state index contributed by atoms with van der Waals surface area (Å²) in [7, 11) is 0. The summed E-state index contributed by atoms with van der Waals surface area (Å²) >= 11 is 0. The highest BCUT2D eigenvalue weighted by Crippen LogP contribution is 2.18. The van der Waals surface area contributed by atoms with Crippen LogP contribution < -0.4 is 5.32 Å². The summed E-state index contributed by atoms with van der Waals surface area (Å²) in [4.78, 5) is 0. The van der Waals surface area contributed by atoms with E-state index in [9.17, 15) is 5.11 Å². The lowest BCUT2D eigenvalue weighted by atomic mass is 9.97. The van der Waals surface area contributed by atoms with E-state index in [0.29, 0.717) is 6.54 Å². The molecule has 0 saturated heterocycles. The first-order valence-corrected chi connectivity index (χ1v) is 6.03. The minimum atomic E-state index is -0.601. The van der Waals surface area contributed by atoms with Gasteiger partial charge in [0.05, 0.1) is 11.6 Å². The molecule has 92 valence electrons. The monoisotopic (exact) mass is 225 g/mol. The maximum Gasteiger partial charge on any atom is 0.120 e. The molecular formula is C13H23NO2. The number of hydrogen-bond acceptors (Lipinski definition) is 3. The maximum absolute atomic E-state index is 10.1. The Kier molecular flexibility index (Phi) is 4.56. The Morgan fingerprint density at radius 2 is 2.00 bits per heavy atom. The minimum absolute atomic E-state index is 0.137. The van der Waals surface area contributed by atoms with Crippen LogP contribution in [-0.4, -0.2) is 17.3 Å². The van der Waals surface area contributed by atoms with Gasteiger partial charge in [0.25, 0.3) is 0 Å². The van der Waals surface area contributed by atoms with E-state index in [2.05, 4.69) is 5.32 Å². The molecule has 1 atom stereocenters. The number of aliphatic hydroxyl groups is 1. The molecule has 0 spiro atoms. The van der Waals surface area contributed by atoms with Gasteiger partial charge >= 0.3 is 0 Å². The summed E-state index contributed by atoms with van der Waals surface area (Å²) in [5.74, 6) is 1.84. The largest absolute Gasteiger partial charge is 0.465 e. The van der Waals surface area contributed by atoms with Crippen LogP contribution in [0.3, 0.4) is 0 Å². The Balaban J connectivity index is 2.49. The highest BCUT2D eigenvalue weighted by atomic mass is 16.3. The molecule has 16 heavy (non-hydrogen) atoms. The number of furan rings is 1. The molecule has 2 N–H and O–H groups in total. The predicted molar refractivity (Wildman–Crippen MR) is 65.4 cm³/mol. The summed E-state index contributed by atoms with van der Waals surface area (Å²) in [5.41, 5.74) is -0.601. The van der Waals surface area contributed by atoms with Crippen molar-refractivity contribution in [1.82, 2.24) is 5.32 Å². The fourth-order valence-electron chi connectivity index (χ4n) is 1.63. The van der Waals surface area contributed by atoms with Crippen LogP contribution in [0, 0.1) is 6.92 Å². The van der Waals surface area contributed by atoms with Gasteiger partial charge in [0.1, 0.15) is 11.5 Å². The molecule has 0 aromatic carbocycles. The van der Waals surface area contributed by atoms with E-state index in [1.54, 1.807) is 0 Å². The third-order valence-electron chi connectivity index (χ3n) is 3.24. The average molecular weight is 225 g/mol. The molecule has 0 aliphatic heterocycles. The lowest BCUT2D eigenvalue weighted by Crippen LogP contribution is -2.40. The third kappa shape index (κ3) is 3.35. The lowest BCUT2D eigenvalue weighted by molar-refractivity contribution is 0.0297. The first kappa shape index (κ1) is 13.3. The van der Waals surface area contributed by atoms with Gasteiger partial charge in [0.15, 0.2) is 0 Å². The summed E-state index contributed by atoms with van der Waals surface area (Å²) in [6, 6.07) is 4.07. The van der Waals surface area contributed by atoms with Crippen molar-refractivity contribution in [3.8, 4) is 0 Å². The fraction of sp³-hybridized carbons (Fsp3) is 0.692. The van der Waals surface area contributed by atoms with Crippen molar-refractivity contribution in [3.63, 3.8) is 0 Å². The number of rotatable bonds is 6. The smallest absolute Gasteiger partial charge is 0.120 e. The van der Waals surface area contributed by atoms with Gasteiger partial charge < -0.3 is 14.8 Å². The topological polar surface area (TPSA) is 45.4 Å². The van der Waals surface area contributed by atoms with E-state index in [1.165, 1.54) is 0 Å². The molecule has 3 heteroatoms. The highest BCUT2D eigenvalue weighted by Gasteiger charge is 2.23. The summed E-state index contributed by atoms with van der Waals surface area (Å²) in [6.45, 7) is 8.59. The van der Waals surface area contributed by atoms with E-state index in [-0.39, 0.29) is 6.04 Å². The number of aryl methyl sites for hydroxylation is 1. The van der Waals surface area contributed by atoms with Crippen molar-refractivity contribution in [1.29, 1.82) is 0 Å². The standard InChI is InChI=1S/C13H23NO2/c1-5-13(15,6-2)9-14-11(4)12-8-7-10(3)16-12/h7-8,11,14-15H,5-6,9H2,1-4H3. The lowest BCUT2D eigenvalue weighted by Gasteiger charge is -2.27. The maximum atomic E-state index is 10.1. The Bertz CT molecular complexity index is 315. The molecule has 1 heterocycles. The van der Waals surface area contributed by atoms with Crippen LogP contribution in [0.15, 0.2) is 16.5 Å². The Morgan fingerprint density at radius 3 is 2.44 bits per heavy atom. The number of hydrogen-bond donors (Lipinski definition) is 2. The van der Waals surface area contributed by atoms with E-state index >= 15 is 0 Å². The van der Waals surface area contributed by atoms with Gasteiger partial charge in [0, 0.05) is 6.54 Å². The third-order valence-corrected chi connectivity index (χ3v) is 3.24. The number of nitrogens with one attached hydrogen (secondary N) is 1. The molecule has 0 aliphatic carbocycles. The van der Waals surface area contributed by atoms with Crippen LogP contribution in [0.1, 0.15) is 51.2 Å². The molecule has 0 amide bonds. The summed E-state index contributed by atoms with van der Waals surface area (Å²) in [5, 5.41) is 13.4. The van der Waals surface area contributed by atoms with Crippen molar-refractivity contribution < 1.29 is 9.52 Å². The molecule has 0 saturated carbocycles. The van der Waals surface area contributed by atoms with Gasteiger partial charge in [-0.2, -0.15) is 0 Å². The normalized spacial score (nSPS) is 14.1. The van der Waals surface area contributed by atoms with Crippen molar-refractivity contribution in [3.05, 3.63) is 23.7 Å². The molecule has 0 fully saturated rings. The van der Waals surface area contributed by atoms with Crippen molar-refractivity contribution >= 4 is 0 Å². The molecule has 1 aromatic rings. The molecule has 1 unspecified atom stereocenters. The highest BCUT2D eigenvalue weighted by molar-refractivity contribution is 5.09. The second-order valence-electron chi connectivity index (χ2n) is 4.48. The molecule has 0 aliphatic rings. The summed E-state index contributed by atoms with van der Waals surface area (Å²) < 4.78 is 5.53. The van der Waals surface area contributed by atoms with Crippen LogP contribution >= 0.6 is 0 Å². The van der Waals surface area contributed by atoms with E-state index < -0.39 is 5.60 Å². The first-order valence-electron chi connectivity index (χ1n) is 6.03. The van der Waals surface area contributed by atoms with E-state index in [1.807, 2.05) is 39.8 Å². The zero-order chi connectivity index (χ0) is 12.2. The molecule has 1 aromatic heterocycles. The van der Waals surface area contributed by atoms with Crippen LogP contribution in [0.2, 0.25) is 0 Å². The van der Waals surface area contributed by atoms with Crippen LogP contribution in [0.5, 0.6) is 0 Å². The van der Waals surface area contributed by atoms with Gasteiger partial charge in [-0.25, -0.2) is 0 Å². The first-order chi connectivity index (χ1) is 7.50. The van der Waals surface area contributed by atoms with Gasteiger partial charge in [-0.05, 0) is 38.8 Å². The van der Waals surface area contributed by atoms with E-state index in [0.717, 1.165) is 24.4 Å². The molecule has 1 rings (SSSR count). The van der Waals surface area contributed by atoms with Crippen LogP contribution in [0.4, 0.5) is 0 Å². The van der Waals surface area contributed by atoms with Crippen LogP contribution in [0.25, 0.3) is 0 Å². The second kappa shape index (κ2) is 5.51. The molecule has 0 radical (unpaired) electrons. The Hall–Kier alpha value is -0.800. The van der Waals surface area contributed by atoms with E-state index in [4.69, 9.17) is 4.42 Å². The van der Waals surface area contributed by atoms with Gasteiger partial charge in [-0.1, -0.05) is 13.8 Å². The van der Waals surface area contributed by atoms with Gasteiger partial charge in [-0.15, -0.1) is 0 Å². The predicted octanol–water partition coefficient (Wildman–Crippen LogP) is 2.79. The van der Waals surface area contributed by atoms with Crippen molar-refractivity contribution in [2.24, 2.45) is 0 Å². The Labute approximate surface area is 97.9 Å². The van der Waals surface area contributed by atoms with Crippen molar-refractivity contribution in [2.45, 2.75) is 52.2 Å². The zero-order valence-corrected chi connectivity index (χ0v) is 10.7. The summed E-state index contributed by atoms with van der Waals surface area (Å²) in [6.07, 6.45) is 1.53. The SMILES string of the molecule is CCC(O)(CC)CNC(C)c1ccc(C)o1. The van der Waals surface area contributed by atoms with Crippen LogP contribution in [-0.2, 0) is 0 Å². The average Bonchev–Trinajstić information content (AvgIpc) is 2.72. The fourth-order valence-corrected chi connectivity index (χ4v) is 1.63. The van der Waals surface area contributed by atoms with Gasteiger partial charge in [-0.3, -0.25) is 0 Å². The zero-order valence-electron chi connectivity index (χ0n) is 10.7. The molecule has 0 bridgehead atoms. The second-order valence-corrected chi connectivity index (χ2v) is 4.48. The molecular weight excluding hydrogens is 202 g/mol. The minimum Gasteiger partial charge on any atom is -0.465 e.